The van der Waals surface area contributed by atoms with Crippen LogP contribution in [0.2, 0.25) is 0 Å². The maximum Gasteiger partial charge on any atom is -0.00915 e. The Morgan fingerprint density at radius 1 is 0.348 bits per heavy atom. The van der Waals surface area contributed by atoms with Crippen LogP contribution in [0.15, 0.2) is 128 Å². The molecule has 0 bridgehead atoms. The molecule has 0 aromatic carbocycles. The highest BCUT2D eigenvalue weighted by Gasteiger charge is 1.70. The van der Waals surface area contributed by atoms with E-state index in [1.807, 2.05) is 122 Å². The summed E-state index contributed by atoms with van der Waals surface area (Å²) in [5, 5.41) is 0. The van der Waals surface area contributed by atoms with E-state index in [4.69, 9.17) is 0 Å². The van der Waals surface area contributed by atoms with E-state index in [2.05, 4.69) is 12.2 Å². The lowest BCUT2D eigenvalue weighted by Gasteiger charge is -1.78. The smallest absolute Gasteiger partial charge is 0.00915 e. The lowest BCUT2D eigenvalue weighted by Crippen LogP contribution is -1.59. The number of allylic oxidation sites excluding steroid dienone is 22. The first-order valence-electron chi connectivity index (χ1n) is 7.72. The molecule has 0 heteroatoms. The van der Waals surface area contributed by atoms with Crippen LogP contribution < -0.4 is 0 Å². The Morgan fingerprint density at radius 2 is 0.652 bits per heavy atom. The zero-order valence-corrected chi connectivity index (χ0v) is 13.3. The third-order valence-corrected chi connectivity index (χ3v) is 2.59. The van der Waals surface area contributed by atoms with Gasteiger partial charge in [-0.05, 0) is 12.5 Å². The second-order valence-electron chi connectivity index (χ2n) is 4.47. The second kappa shape index (κ2) is 15.5. The summed E-state index contributed by atoms with van der Waals surface area (Å²) in [6, 6.07) is 0. The van der Waals surface area contributed by atoms with Gasteiger partial charge >= 0.3 is 0 Å². The molecule has 0 unspecified atom stereocenters. The van der Waals surface area contributed by atoms with Gasteiger partial charge in [-0.3, -0.25) is 0 Å². The molecule has 115 valence electrons. The van der Waals surface area contributed by atoms with E-state index >= 15 is 0 Å². The van der Waals surface area contributed by atoms with Crippen molar-refractivity contribution in [2.45, 2.75) is 6.42 Å². The predicted octanol–water partition coefficient (Wildman–Crippen LogP) is 6.31. The molecule has 0 spiro atoms. The van der Waals surface area contributed by atoms with Crippen LogP contribution in [0.5, 0.6) is 0 Å². The van der Waals surface area contributed by atoms with Gasteiger partial charge in [0.1, 0.15) is 0 Å². The van der Waals surface area contributed by atoms with Crippen LogP contribution in [-0.2, 0) is 0 Å². The first kappa shape index (κ1) is 18.2. The fourth-order valence-electron chi connectivity index (χ4n) is 1.50. The Balaban J connectivity index is 2.63. The van der Waals surface area contributed by atoms with Gasteiger partial charge in [-0.15, -0.1) is 0 Å². The summed E-state index contributed by atoms with van der Waals surface area (Å²) in [5.74, 6) is 0. The van der Waals surface area contributed by atoms with Gasteiger partial charge < -0.3 is 0 Å². The lowest BCUT2D eigenvalue weighted by atomic mass is 10.3. The minimum Gasteiger partial charge on any atom is -0.0801 e. The Bertz CT molecular complexity index is 552. The molecule has 1 rings (SSSR count). The average molecular weight is 299 g/mol. The molecule has 0 nitrogen and oxygen atoms in total. The third kappa shape index (κ3) is 13.9. The zero-order valence-electron chi connectivity index (χ0n) is 13.3. The SMILES string of the molecule is [C]1=C/C=C/C=C/C=C/C=C\C=C\C=C\C=C/C=C/C=C/C=C/C/1. The van der Waals surface area contributed by atoms with E-state index < -0.39 is 0 Å². The summed E-state index contributed by atoms with van der Waals surface area (Å²) >= 11 is 0. The molecule has 0 aliphatic heterocycles. The molecule has 0 aromatic heterocycles. The topological polar surface area (TPSA) is 0 Å². The van der Waals surface area contributed by atoms with Crippen molar-refractivity contribution in [2.24, 2.45) is 0 Å². The summed E-state index contributed by atoms with van der Waals surface area (Å²) in [6.07, 6.45) is 46.0. The molecule has 1 aliphatic carbocycles. The third-order valence-electron chi connectivity index (χ3n) is 2.59. The molecule has 0 aromatic rings. The molecular formula is C23H23. The highest BCUT2D eigenvalue weighted by atomic mass is 13.8. The van der Waals surface area contributed by atoms with Crippen LogP contribution in [0.25, 0.3) is 0 Å². The Hall–Kier alpha value is -2.86. The van der Waals surface area contributed by atoms with E-state index in [1.54, 1.807) is 0 Å². The average Bonchev–Trinajstić information content (AvgIpc) is 2.56. The quantitative estimate of drug-likeness (QED) is 0.491. The van der Waals surface area contributed by atoms with Crippen molar-refractivity contribution in [3.8, 4) is 0 Å². The van der Waals surface area contributed by atoms with Crippen LogP contribution in [0.1, 0.15) is 6.42 Å². The summed E-state index contributed by atoms with van der Waals surface area (Å²) in [5.41, 5.74) is 0. The normalized spacial score (nSPS) is 31.7. The van der Waals surface area contributed by atoms with Crippen molar-refractivity contribution in [1.29, 1.82) is 0 Å². The van der Waals surface area contributed by atoms with Crippen molar-refractivity contribution >= 4 is 0 Å². The number of rotatable bonds is 0. The van der Waals surface area contributed by atoms with Crippen molar-refractivity contribution in [3.63, 3.8) is 0 Å². The monoisotopic (exact) mass is 299 g/mol. The molecule has 0 fully saturated rings. The van der Waals surface area contributed by atoms with Crippen molar-refractivity contribution in [2.75, 3.05) is 0 Å². The van der Waals surface area contributed by atoms with Crippen LogP contribution in [-0.4, -0.2) is 0 Å². The molecule has 0 N–H and O–H groups in total. The van der Waals surface area contributed by atoms with Crippen molar-refractivity contribution in [3.05, 3.63) is 134 Å². The maximum absolute atomic E-state index is 3.19. The fourth-order valence-corrected chi connectivity index (χ4v) is 1.50. The van der Waals surface area contributed by atoms with Gasteiger partial charge in [0.15, 0.2) is 0 Å². The van der Waals surface area contributed by atoms with E-state index in [0.29, 0.717) is 0 Å². The summed E-state index contributed by atoms with van der Waals surface area (Å²) in [6.45, 7) is 0. The van der Waals surface area contributed by atoms with Crippen LogP contribution >= 0.6 is 0 Å². The van der Waals surface area contributed by atoms with Gasteiger partial charge in [0.25, 0.3) is 0 Å². The van der Waals surface area contributed by atoms with E-state index in [9.17, 15) is 0 Å². The maximum atomic E-state index is 3.19. The van der Waals surface area contributed by atoms with Crippen LogP contribution in [0.4, 0.5) is 0 Å². The van der Waals surface area contributed by atoms with E-state index in [1.165, 1.54) is 0 Å². The Kier molecular flexibility index (Phi) is 12.3. The number of hydrogen-bond acceptors (Lipinski definition) is 0. The molecule has 0 atom stereocenters. The molecule has 1 aliphatic rings. The highest BCUT2D eigenvalue weighted by molar-refractivity contribution is 5.23. The van der Waals surface area contributed by atoms with Crippen LogP contribution in [0.3, 0.4) is 0 Å². The fraction of sp³-hybridized carbons (Fsp3) is 0.0435. The lowest BCUT2D eigenvalue weighted by molar-refractivity contribution is 1.34. The van der Waals surface area contributed by atoms with Gasteiger partial charge in [-0.25, -0.2) is 0 Å². The summed E-state index contributed by atoms with van der Waals surface area (Å²) in [4.78, 5) is 0. The predicted molar refractivity (Wildman–Crippen MR) is 104 cm³/mol. The van der Waals surface area contributed by atoms with Gasteiger partial charge in [-0.2, -0.15) is 0 Å². The first-order chi connectivity index (χ1) is 11.5. The summed E-state index contributed by atoms with van der Waals surface area (Å²) in [7, 11) is 0. The van der Waals surface area contributed by atoms with Gasteiger partial charge in [0.05, 0.1) is 0 Å². The molecule has 1 radical (unpaired) electrons. The molecule has 0 heterocycles. The summed E-state index contributed by atoms with van der Waals surface area (Å²) < 4.78 is 0. The van der Waals surface area contributed by atoms with Gasteiger partial charge in [0.2, 0.25) is 0 Å². The standard InChI is InChI=1S/C23H23/c1-2-4-6-8-10-12-14-16-18-20-22-23-21-19-17-15-13-11-9-7-5-3-1/h1-21H,22H2/b3-1+,4-2+,7-5-,8-6-,11-9+,12-10+,15-13+,16-14+,19-17+,20-18+,23-21?. The molecular weight excluding hydrogens is 276 g/mol. The molecule has 0 saturated heterocycles. The number of hydrogen-bond donors (Lipinski definition) is 0. The van der Waals surface area contributed by atoms with Gasteiger partial charge in [-0.1, -0.05) is 128 Å². The van der Waals surface area contributed by atoms with Crippen molar-refractivity contribution in [1.82, 2.24) is 0 Å². The van der Waals surface area contributed by atoms with Crippen LogP contribution in [0, 0.1) is 6.08 Å². The van der Waals surface area contributed by atoms with E-state index in [0.717, 1.165) is 6.42 Å². The van der Waals surface area contributed by atoms with Gasteiger partial charge in [0, 0.05) is 0 Å². The minimum absolute atomic E-state index is 0.810. The minimum atomic E-state index is 0.810. The van der Waals surface area contributed by atoms with E-state index in [-0.39, 0.29) is 0 Å². The largest absolute Gasteiger partial charge is 0.0801 e. The zero-order chi connectivity index (χ0) is 16.3. The molecule has 0 saturated carbocycles. The Morgan fingerprint density at radius 3 is 1.04 bits per heavy atom. The highest BCUT2D eigenvalue weighted by Crippen LogP contribution is 1.90. The molecule has 0 amide bonds. The Labute approximate surface area is 140 Å². The van der Waals surface area contributed by atoms with Crippen molar-refractivity contribution < 1.29 is 0 Å². The first-order valence-corrected chi connectivity index (χ1v) is 7.72. The second-order valence-corrected chi connectivity index (χ2v) is 4.47. The molecule has 23 heavy (non-hydrogen) atoms.